The maximum atomic E-state index is 12.3. The highest BCUT2D eigenvalue weighted by atomic mass is 35.5. The molecular weight excluding hydrogens is 400 g/mol. The van der Waals surface area contributed by atoms with Crippen molar-refractivity contribution >= 4 is 35.0 Å². The van der Waals surface area contributed by atoms with Crippen LogP contribution in [0.3, 0.4) is 0 Å². The van der Waals surface area contributed by atoms with Crippen molar-refractivity contribution in [1.82, 2.24) is 14.8 Å². The molecule has 1 fully saturated rings. The van der Waals surface area contributed by atoms with Gasteiger partial charge in [0.15, 0.2) is 10.9 Å². The Morgan fingerprint density at radius 3 is 2.93 bits per heavy atom. The Bertz CT molecular complexity index is 939. The fraction of sp³-hybridized carbons (Fsp3) is 0.316. The number of carbonyl (C=O) groups excluding carboxylic acids is 1. The average Bonchev–Trinajstić information content (AvgIpc) is 3.44. The fourth-order valence-electron chi connectivity index (χ4n) is 3.02. The Morgan fingerprint density at radius 2 is 2.18 bits per heavy atom. The molecule has 1 unspecified atom stereocenters. The Balaban J connectivity index is 1.47. The molecule has 1 atom stereocenters. The molecule has 9 heteroatoms. The number of hydrogen-bond donors (Lipinski definition) is 1. The van der Waals surface area contributed by atoms with Gasteiger partial charge in [0.25, 0.3) is 0 Å². The summed E-state index contributed by atoms with van der Waals surface area (Å²) >= 11 is 7.41. The van der Waals surface area contributed by atoms with E-state index in [-0.39, 0.29) is 17.8 Å². The normalized spacial score (nSPS) is 16.4. The molecule has 1 N–H and O–H groups in total. The molecule has 146 valence electrons. The van der Waals surface area contributed by atoms with Gasteiger partial charge in [-0.25, -0.2) is 0 Å². The van der Waals surface area contributed by atoms with Gasteiger partial charge < -0.3 is 14.5 Å². The number of rotatable bonds is 7. The molecule has 1 saturated heterocycles. The number of amides is 1. The van der Waals surface area contributed by atoms with Crippen LogP contribution in [0.1, 0.15) is 12.8 Å². The van der Waals surface area contributed by atoms with E-state index < -0.39 is 0 Å². The highest BCUT2D eigenvalue weighted by molar-refractivity contribution is 7.99. The van der Waals surface area contributed by atoms with Crippen molar-refractivity contribution in [3.05, 3.63) is 47.7 Å². The van der Waals surface area contributed by atoms with E-state index in [4.69, 9.17) is 20.8 Å². The lowest BCUT2D eigenvalue weighted by molar-refractivity contribution is -0.113. The number of anilines is 1. The summed E-state index contributed by atoms with van der Waals surface area (Å²) in [5.41, 5.74) is 0.590. The van der Waals surface area contributed by atoms with E-state index in [0.29, 0.717) is 34.0 Å². The van der Waals surface area contributed by atoms with Crippen LogP contribution in [-0.4, -0.2) is 39.1 Å². The second-order valence-corrected chi connectivity index (χ2v) is 7.70. The summed E-state index contributed by atoms with van der Waals surface area (Å²) in [6.07, 6.45) is 3.75. The van der Waals surface area contributed by atoms with Crippen molar-refractivity contribution in [2.45, 2.75) is 30.6 Å². The second kappa shape index (κ2) is 8.81. The lowest BCUT2D eigenvalue weighted by atomic mass is 10.2. The number of carbonyl (C=O) groups is 1. The Kier molecular flexibility index (Phi) is 5.99. The zero-order valence-corrected chi connectivity index (χ0v) is 16.6. The summed E-state index contributed by atoms with van der Waals surface area (Å²) in [5.74, 6) is 1.30. The van der Waals surface area contributed by atoms with Gasteiger partial charge in [0, 0.05) is 6.61 Å². The molecule has 0 bridgehead atoms. The van der Waals surface area contributed by atoms with Crippen molar-refractivity contribution in [2.24, 2.45) is 0 Å². The number of hydrogen-bond acceptors (Lipinski definition) is 6. The maximum absolute atomic E-state index is 12.3. The molecule has 28 heavy (non-hydrogen) atoms. The standard InChI is InChI=1S/C19H19ClN4O3S/c20-14-6-1-2-7-15(14)21-17(25)12-28-19-23-22-18(16-8-4-10-27-16)24(19)11-13-5-3-9-26-13/h1-2,4,6-8,10,13H,3,5,9,11-12H2,(H,21,25). The third-order valence-electron chi connectivity index (χ3n) is 4.35. The number of para-hydroxylation sites is 1. The van der Waals surface area contributed by atoms with E-state index in [0.717, 1.165) is 19.4 Å². The molecule has 0 saturated carbocycles. The molecular formula is C19H19ClN4O3S. The van der Waals surface area contributed by atoms with Gasteiger partial charge in [-0.15, -0.1) is 10.2 Å². The molecule has 1 aromatic carbocycles. The first kappa shape index (κ1) is 19.0. The highest BCUT2D eigenvalue weighted by Gasteiger charge is 2.23. The topological polar surface area (TPSA) is 82.2 Å². The lowest BCUT2D eigenvalue weighted by Crippen LogP contribution is -2.18. The summed E-state index contributed by atoms with van der Waals surface area (Å²) < 4.78 is 13.2. The van der Waals surface area contributed by atoms with E-state index in [1.54, 1.807) is 18.4 Å². The molecule has 0 radical (unpaired) electrons. The zero-order valence-electron chi connectivity index (χ0n) is 15.0. The largest absolute Gasteiger partial charge is 0.461 e. The van der Waals surface area contributed by atoms with Crippen LogP contribution in [0, 0.1) is 0 Å². The van der Waals surface area contributed by atoms with Gasteiger partial charge in [-0.3, -0.25) is 9.36 Å². The first-order valence-corrected chi connectivity index (χ1v) is 10.3. The molecule has 1 aliphatic rings. The van der Waals surface area contributed by atoms with E-state index in [1.165, 1.54) is 11.8 Å². The van der Waals surface area contributed by atoms with Crippen molar-refractivity contribution in [1.29, 1.82) is 0 Å². The van der Waals surface area contributed by atoms with Crippen LogP contribution in [0.5, 0.6) is 0 Å². The summed E-state index contributed by atoms with van der Waals surface area (Å²) in [4.78, 5) is 12.3. The van der Waals surface area contributed by atoms with Gasteiger partial charge in [-0.1, -0.05) is 35.5 Å². The number of halogens is 1. The summed E-state index contributed by atoms with van der Waals surface area (Å²) in [7, 11) is 0. The average molecular weight is 419 g/mol. The van der Waals surface area contributed by atoms with E-state index in [1.807, 2.05) is 28.8 Å². The van der Waals surface area contributed by atoms with Gasteiger partial charge in [0.2, 0.25) is 11.7 Å². The van der Waals surface area contributed by atoms with Crippen LogP contribution in [0.25, 0.3) is 11.6 Å². The van der Waals surface area contributed by atoms with Crippen LogP contribution < -0.4 is 5.32 Å². The number of nitrogens with zero attached hydrogens (tertiary/aromatic N) is 3. The first-order valence-electron chi connectivity index (χ1n) is 8.96. The molecule has 1 amide bonds. The fourth-order valence-corrected chi connectivity index (χ4v) is 3.95. The van der Waals surface area contributed by atoms with Gasteiger partial charge in [0.1, 0.15) is 0 Å². The number of nitrogens with one attached hydrogen (secondary N) is 1. The van der Waals surface area contributed by atoms with Gasteiger partial charge in [-0.05, 0) is 37.1 Å². The number of furan rings is 1. The van der Waals surface area contributed by atoms with Crippen LogP contribution in [-0.2, 0) is 16.1 Å². The quantitative estimate of drug-likeness (QED) is 0.581. The number of benzene rings is 1. The minimum absolute atomic E-state index is 0.112. The molecule has 0 aliphatic carbocycles. The van der Waals surface area contributed by atoms with Gasteiger partial charge in [0.05, 0.1) is 35.4 Å². The maximum Gasteiger partial charge on any atom is 0.234 e. The third-order valence-corrected chi connectivity index (χ3v) is 5.65. The number of ether oxygens (including phenoxy) is 1. The SMILES string of the molecule is O=C(CSc1nnc(-c2ccco2)n1CC1CCCO1)Nc1ccccc1Cl. The molecule has 0 spiro atoms. The van der Waals surface area contributed by atoms with Crippen LogP contribution >= 0.6 is 23.4 Å². The second-order valence-electron chi connectivity index (χ2n) is 6.35. The van der Waals surface area contributed by atoms with E-state index in [9.17, 15) is 4.79 Å². The Hall–Kier alpha value is -2.29. The Morgan fingerprint density at radius 1 is 1.29 bits per heavy atom. The lowest BCUT2D eigenvalue weighted by Gasteiger charge is -2.14. The number of thioether (sulfide) groups is 1. The van der Waals surface area contributed by atoms with E-state index in [2.05, 4.69) is 15.5 Å². The summed E-state index contributed by atoms with van der Waals surface area (Å²) in [6.45, 7) is 1.39. The predicted molar refractivity (Wildman–Crippen MR) is 108 cm³/mol. The minimum Gasteiger partial charge on any atom is -0.461 e. The van der Waals surface area contributed by atoms with Crippen LogP contribution in [0.4, 0.5) is 5.69 Å². The van der Waals surface area contributed by atoms with Crippen LogP contribution in [0.2, 0.25) is 5.02 Å². The van der Waals surface area contributed by atoms with Crippen molar-refractivity contribution in [2.75, 3.05) is 17.7 Å². The summed E-state index contributed by atoms with van der Waals surface area (Å²) in [6, 6.07) is 10.8. The van der Waals surface area contributed by atoms with Gasteiger partial charge >= 0.3 is 0 Å². The Labute approximate surface area is 171 Å². The monoisotopic (exact) mass is 418 g/mol. The molecule has 1 aliphatic heterocycles. The molecule has 3 aromatic rings. The minimum atomic E-state index is -0.163. The molecule has 4 rings (SSSR count). The van der Waals surface area contributed by atoms with Gasteiger partial charge in [-0.2, -0.15) is 0 Å². The predicted octanol–water partition coefficient (Wildman–Crippen LogP) is 4.10. The van der Waals surface area contributed by atoms with Crippen molar-refractivity contribution in [3.8, 4) is 11.6 Å². The van der Waals surface area contributed by atoms with Crippen molar-refractivity contribution < 1.29 is 13.9 Å². The van der Waals surface area contributed by atoms with Crippen molar-refractivity contribution in [3.63, 3.8) is 0 Å². The number of aromatic nitrogens is 3. The zero-order chi connectivity index (χ0) is 19.3. The highest BCUT2D eigenvalue weighted by Crippen LogP contribution is 2.27. The molecule has 7 nitrogen and oxygen atoms in total. The van der Waals surface area contributed by atoms with E-state index >= 15 is 0 Å². The smallest absolute Gasteiger partial charge is 0.234 e. The summed E-state index contributed by atoms with van der Waals surface area (Å²) in [5, 5.41) is 12.5. The third kappa shape index (κ3) is 4.40. The van der Waals surface area contributed by atoms with Crippen LogP contribution in [0.15, 0.2) is 52.2 Å². The first-order chi connectivity index (χ1) is 13.7. The molecule has 3 heterocycles. The molecule has 2 aromatic heterocycles.